The molecule has 0 aliphatic heterocycles. The van der Waals surface area contributed by atoms with E-state index in [2.05, 4.69) is 0 Å². The van der Waals surface area contributed by atoms with Gasteiger partial charge in [-0.05, 0) is 18.2 Å². The van der Waals surface area contributed by atoms with E-state index in [1.54, 1.807) is 18.2 Å². The Hall–Kier alpha value is -2.30. The lowest BCUT2D eigenvalue weighted by Gasteiger charge is -2.10. The molecule has 0 unspecified atom stereocenters. The fourth-order valence-corrected chi connectivity index (χ4v) is 1.60. The molecule has 0 radical (unpaired) electrons. The van der Waals surface area contributed by atoms with Gasteiger partial charge in [0.15, 0.2) is 11.6 Å². The Morgan fingerprint density at radius 2 is 1.95 bits per heavy atom. The Balaban J connectivity index is 2.12. The van der Waals surface area contributed by atoms with Gasteiger partial charge in [0.2, 0.25) is 0 Å². The van der Waals surface area contributed by atoms with Crippen molar-refractivity contribution in [2.45, 2.75) is 6.61 Å². The normalized spacial score (nSPS) is 10.3. The van der Waals surface area contributed by atoms with Crippen LogP contribution in [-0.2, 0) is 6.61 Å². The molecule has 2 N–H and O–H groups in total. The Labute approximate surface area is 109 Å². The number of ether oxygens (including phenoxy) is 2. The van der Waals surface area contributed by atoms with E-state index in [4.69, 9.17) is 15.2 Å². The summed E-state index contributed by atoms with van der Waals surface area (Å²) in [5.74, 6) is -0.815. The second kappa shape index (κ2) is 5.56. The molecule has 0 aromatic heterocycles. The van der Waals surface area contributed by atoms with Crippen LogP contribution in [0.2, 0.25) is 0 Å². The summed E-state index contributed by atoms with van der Waals surface area (Å²) in [4.78, 5) is 0. The number of hydrogen-bond acceptors (Lipinski definition) is 3. The summed E-state index contributed by atoms with van der Waals surface area (Å²) in [6.07, 6.45) is 0. The predicted octanol–water partition coefficient (Wildman–Crippen LogP) is 3.13. The van der Waals surface area contributed by atoms with Gasteiger partial charge in [0.25, 0.3) is 0 Å². The molecule has 2 rings (SSSR count). The number of hydrogen-bond donors (Lipinski definition) is 1. The van der Waals surface area contributed by atoms with Crippen LogP contribution in [0.3, 0.4) is 0 Å². The molecule has 5 heteroatoms. The highest BCUT2D eigenvalue weighted by molar-refractivity contribution is 5.56. The molecule has 19 heavy (non-hydrogen) atoms. The molecule has 0 atom stereocenters. The highest BCUT2D eigenvalue weighted by Crippen LogP contribution is 2.27. The van der Waals surface area contributed by atoms with Crippen LogP contribution in [-0.4, -0.2) is 7.11 Å². The van der Waals surface area contributed by atoms with Crippen molar-refractivity contribution in [2.24, 2.45) is 0 Å². The number of anilines is 1. The molecular weight excluding hydrogens is 252 g/mol. The van der Waals surface area contributed by atoms with Crippen molar-refractivity contribution in [3.63, 3.8) is 0 Å². The molecule has 0 aliphatic carbocycles. The Kier molecular flexibility index (Phi) is 3.85. The van der Waals surface area contributed by atoms with Gasteiger partial charge in [0.1, 0.15) is 18.1 Å². The first-order valence-electron chi connectivity index (χ1n) is 5.61. The van der Waals surface area contributed by atoms with E-state index >= 15 is 0 Å². The van der Waals surface area contributed by atoms with E-state index in [1.165, 1.54) is 19.2 Å². The largest absolute Gasteiger partial charge is 0.497 e. The molecule has 0 amide bonds. The maximum absolute atomic E-state index is 13.4. The van der Waals surface area contributed by atoms with Crippen molar-refractivity contribution in [1.29, 1.82) is 0 Å². The molecule has 2 aromatic carbocycles. The van der Waals surface area contributed by atoms with Gasteiger partial charge in [-0.1, -0.05) is 12.1 Å². The number of methoxy groups -OCH3 is 1. The minimum atomic E-state index is -0.908. The smallest absolute Gasteiger partial charge is 0.165 e. The zero-order valence-corrected chi connectivity index (χ0v) is 10.3. The molecule has 0 fully saturated rings. The maximum atomic E-state index is 13.4. The van der Waals surface area contributed by atoms with E-state index in [1.807, 2.05) is 0 Å². The summed E-state index contributed by atoms with van der Waals surface area (Å²) in [5.41, 5.74) is 6.26. The zero-order chi connectivity index (χ0) is 13.8. The predicted molar refractivity (Wildman–Crippen MR) is 68.1 cm³/mol. The van der Waals surface area contributed by atoms with Gasteiger partial charge in [-0.15, -0.1) is 0 Å². The molecule has 3 nitrogen and oxygen atoms in total. The molecule has 2 aromatic rings. The van der Waals surface area contributed by atoms with Gasteiger partial charge in [0.05, 0.1) is 12.8 Å². The molecule has 0 spiro atoms. The highest BCUT2D eigenvalue weighted by atomic mass is 19.2. The van der Waals surface area contributed by atoms with Crippen LogP contribution < -0.4 is 15.2 Å². The van der Waals surface area contributed by atoms with E-state index in [0.717, 1.165) is 6.07 Å². The average molecular weight is 265 g/mol. The number of benzene rings is 2. The third-order valence-corrected chi connectivity index (χ3v) is 2.63. The lowest BCUT2D eigenvalue weighted by molar-refractivity contribution is 0.298. The Bertz CT molecular complexity index is 588. The van der Waals surface area contributed by atoms with Gasteiger partial charge in [-0.2, -0.15) is 0 Å². The van der Waals surface area contributed by atoms with E-state index < -0.39 is 11.6 Å². The van der Waals surface area contributed by atoms with Crippen LogP contribution in [0.1, 0.15) is 5.56 Å². The van der Waals surface area contributed by atoms with Crippen molar-refractivity contribution in [3.05, 3.63) is 53.6 Å². The maximum Gasteiger partial charge on any atom is 0.165 e. The van der Waals surface area contributed by atoms with Gasteiger partial charge in [-0.25, -0.2) is 8.78 Å². The second-order valence-corrected chi connectivity index (χ2v) is 3.91. The summed E-state index contributed by atoms with van der Waals surface area (Å²) >= 11 is 0. The molecule has 0 saturated carbocycles. The van der Waals surface area contributed by atoms with Crippen LogP contribution in [0, 0.1) is 11.6 Å². The fraction of sp³-hybridized carbons (Fsp3) is 0.143. The number of nitrogens with two attached hydrogens (primary N) is 1. The van der Waals surface area contributed by atoms with E-state index in [9.17, 15) is 8.78 Å². The van der Waals surface area contributed by atoms with Crippen LogP contribution in [0.4, 0.5) is 14.5 Å². The van der Waals surface area contributed by atoms with Gasteiger partial charge >= 0.3 is 0 Å². The first kappa shape index (κ1) is 13.1. The molecule has 0 heterocycles. The van der Waals surface area contributed by atoms with Crippen molar-refractivity contribution >= 4 is 5.69 Å². The van der Waals surface area contributed by atoms with Crippen LogP contribution >= 0.6 is 0 Å². The van der Waals surface area contributed by atoms with Crippen molar-refractivity contribution < 1.29 is 18.3 Å². The van der Waals surface area contributed by atoms with Crippen molar-refractivity contribution in [2.75, 3.05) is 12.8 Å². The first-order valence-corrected chi connectivity index (χ1v) is 5.61. The lowest BCUT2D eigenvalue weighted by atomic mass is 10.2. The number of nitrogen functional groups attached to an aromatic ring is 1. The summed E-state index contributed by atoms with van der Waals surface area (Å²) in [5, 5.41) is 0. The minimum Gasteiger partial charge on any atom is -0.497 e. The van der Waals surface area contributed by atoms with Gasteiger partial charge in [0, 0.05) is 11.6 Å². The third kappa shape index (κ3) is 2.93. The summed E-state index contributed by atoms with van der Waals surface area (Å²) in [7, 11) is 1.53. The SMILES string of the molecule is COc1ccc(OCc2cccc(F)c2F)c(N)c1. The topological polar surface area (TPSA) is 44.5 Å². The Morgan fingerprint density at radius 1 is 1.16 bits per heavy atom. The van der Waals surface area contributed by atoms with Crippen LogP contribution in [0.15, 0.2) is 36.4 Å². The van der Waals surface area contributed by atoms with Crippen molar-refractivity contribution in [3.8, 4) is 11.5 Å². The standard InChI is InChI=1S/C14H13F2NO2/c1-18-10-5-6-13(12(17)7-10)19-8-9-3-2-4-11(15)14(9)16/h2-7H,8,17H2,1H3. The fourth-order valence-electron chi connectivity index (χ4n) is 1.60. The monoisotopic (exact) mass is 265 g/mol. The third-order valence-electron chi connectivity index (χ3n) is 2.63. The van der Waals surface area contributed by atoms with Crippen LogP contribution in [0.25, 0.3) is 0 Å². The molecular formula is C14H13F2NO2. The average Bonchev–Trinajstić information content (AvgIpc) is 2.41. The Morgan fingerprint density at radius 3 is 2.63 bits per heavy atom. The van der Waals surface area contributed by atoms with Gasteiger partial charge in [-0.3, -0.25) is 0 Å². The molecule has 0 saturated heterocycles. The quantitative estimate of drug-likeness (QED) is 0.864. The van der Waals surface area contributed by atoms with Gasteiger partial charge < -0.3 is 15.2 Å². The van der Waals surface area contributed by atoms with Crippen molar-refractivity contribution in [1.82, 2.24) is 0 Å². The number of halogens is 2. The van der Waals surface area contributed by atoms with E-state index in [-0.39, 0.29) is 12.2 Å². The first-order chi connectivity index (χ1) is 9.11. The molecule has 0 bridgehead atoms. The summed E-state index contributed by atoms with van der Waals surface area (Å²) in [6, 6.07) is 8.82. The minimum absolute atomic E-state index is 0.0971. The highest BCUT2D eigenvalue weighted by Gasteiger charge is 2.09. The summed E-state index contributed by atoms with van der Waals surface area (Å²) in [6.45, 7) is -0.0971. The zero-order valence-electron chi connectivity index (χ0n) is 10.3. The molecule has 0 aliphatic rings. The second-order valence-electron chi connectivity index (χ2n) is 3.91. The summed E-state index contributed by atoms with van der Waals surface area (Å²) < 4.78 is 36.8. The molecule has 100 valence electrons. The lowest BCUT2D eigenvalue weighted by Crippen LogP contribution is -2.02. The van der Waals surface area contributed by atoms with E-state index in [0.29, 0.717) is 17.2 Å². The van der Waals surface area contributed by atoms with Crippen LogP contribution in [0.5, 0.6) is 11.5 Å². The number of rotatable bonds is 4.